The predicted octanol–water partition coefficient (Wildman–Crippen LogP) is -0.464. The summed E-state index contributed by atoms with van der Waals surface area (Å²) in [5.41, 5.74) is 6.06. The Morgan fingerprint density at radius 2 is 2.42 bits per heavy atom. The van der Waals surface area contributed by atoms with Crippen molar-refractivity contribution in [3.8, 4) is 0 Å². The lowest BCUT2D eigenvalue weighted by molar-refractivity contribution is 0.0506. The minimum atomic E-state index is -0.130. The molecule has 1 atom stereocenters. The van der Waals surface area contributed by atoms with Gasteiger partial charge in [-0.3, -0.25) is 4.79 Å². The molecule has 7 nitrogen and oxygen atoms in total. The lowest BCUT2D eigenvalue weighted by Crippen LogP contribution is -2.56. The van der Waals surface area contributed by atoms with E-state index >= 15 is 0 Å². The van der Waals surface area contributed by atoms with E-state index in [9.17, 15) is 4.79 Å². The Bertz CT molecular complexity index is 434. The highest BCUT2D eigenvalue weighted by atomic mass is 16.5. The molecule has 1 aliphatic rings. The molecule has 0 aliphatic carbocycles. The Balaban J connectivity index is 2.08. The number of nitrogens with two attached hydrogens (primary N) is 1. The highest BCUT2D eigenvalue weighted by Crippen LogP contribution is 2.13. The SMILES string of the molecule is COCc1cc(C(=O)N2CCN(C)CC2CN)no1. The quantitative estimate of drug-likeness (QED) is 0.795. The molecule has 1 fully saturated rings. The number of methoxy groups -OCH3 is 1. The number of likely N-dealkylation sites (N-methyl/N-ethyl adjacent to an activating group) is 1. The summed E-state index contributed by atoms with van der Waals surface area (Å²) in [6, 6.07) is 1.64. The first kappa shape index (κ1) is 14.0. The molecule has 2 heterocycles. The third-order valence-electron chi connectivity index (χ3n) is 3.28. The van der Waals surface area contributed by atoms with E-state index in [4.69, 9.17) is 15.0 Å². The highest BCUT2D eigenvalue weighted by Gasteiger charge is 2.30. The molecule has 1 saturated heterocycles. The molecule has 1 aliphatic heterocycles. The summed E-state index contributed by atoms with van der Waals surface area (Å²) in [5.74, 6) is 0.416. The van der Waals surface area contributed by atoms with Crippen molar-refractivity contribution in [2.75, 3.05) is 40.3 Å². The Hall–Kier alpha value is -1.44. The minimum Gasteiger partial charge on any atom is -0.377 e. The number of rotatable bonds is 4. The van der Waals surface area contributed by atoms with Crippen LogP contribution >= 0.6 is 0 Å². The molecule has 0 bridgehead atoms. The molecule has 2 rings (SSSR count). The summed E-state index contributed by atoms with van der Waals surface area (Å²) in [4.78, 5) is 16.3. The first-order valence-electron chi connectivity index (χ1n) is 6.29. The molecule has 2 N–H and O–H groups in total. The fourth-order valence-corrected chi connectivity index (χ4v) is 2.25. The fraction of sp³-hybridized carbons (Fsp3) is 0.667. The zero-order chi connectivity index (χ0) is 13.8. The monoisotopic (exact) mass is 268 g/mol. The van der Waals surface area contributed by atoms with E-state index in [0.29, 0.717) is 31.2 Å². The van der Waals surface area contributed by atoms with Gasteiger partial charge in [0.1, 0.15) is 6.61 Å². The van der Waals surface area contributed by atoms with Gasteiger partial charge in [-0.1, -0.05) is 5.16 Å². The zero-order valence-electron chi connectivity index (χ0n) is 11.3. The third-order valence-corrected chi connectivity index (χ3v) is 3.28. The minimum absolute atomic E-state index is 0.0221. The first-order chi connectivity index (χ1) is 9.15. The van der Waals surface area contributed by atoms with Crippen molar-refractivity contribution in [3.63, 3.8) is 0 Å². The van der Waals surface area contributed by atoms with Gasteiger partial charge in [0.2, 0.25) is 0 Å². The number of amides is 1. The van der Waals surface area contributed by atoms with Gasteiger partial charge >= 0.3 is 0 Å². The lowest BCUT2D eigenvalue weighted by Gasteiger charge is -2.39. The number of aromatic nitrogens is 1. The second-order valence-electron chi connectivity index (χ2n) is 4.76. The first-order valence-corrected chi connectivity index (χ1v) is 6.29. The van der Waals surface area contributed by atoms with Crippen molar-refractivity contribution in [2.45, 2.75) is 12.6 Å². The Labute approximate surface area is 112 Å². The van der Waals surface area contributed by atoms with Gasteiger partial charge in [0.25, 0.3) is 5.91 Å². The van der Waals surface area contributed by atoms with Gasteiger partial charge in [0.05, 0.1) is 6.04 Å². The van der Waals surface area contributed by atoms with Crippen LogP contribution in [0.4, 0.5) is 0 Å². The van der Waals surface area contributed by atoms with Crippen LogP contribution in [0.2, 0.25) is 0 Å². The highest BCUT2D eigenvalue weighted by molar-refractivity contribution is 5.92. The molecule has 0 saturated carbocycles. The van der Waals surface area contributed by atoms with Crippen LogP contribution in [0.3, 0.4) is 0 Å². The summed E-state index contributed by atoms with van der Waals surface area (Å²) in [6.45, 7) is 3.03. The summed E-state index contributed by atoms with van der Waals surface area (Å²) < 4.78 is 9.98. The van der Waals surface area contributed by atoms with E-state index < -0.39 is 0 Å². The van der Waals surface area contributed by atoms with Crippen LogP contribution in [0.5, 0.6) is 0 Å². The molecule has 0 spiro atoms. The van der Waals surface area contributed by atoms with Crippen LogP contribution < -0.4 is 5.73 Å². The van der Waals surface area contributed by atoms with E-state index in [1.165, 1.54) is 0 Å². The molecular weight excluding hydrogens is 248 g/mol. The molecule has 106 valence electrons. The molecule has 1 amide bonds. The summed E-state index contributed by atoms with van der Waals surface area (Å²) >= 11 is 0. The molecule has 7 heteroatoms. The van der Waals surface area contributed by atoms with Crippen LogP contribution in [-0.4, -0.2) is 67.2 Å². The average molecular weight is 268 g/mol. The van der Waals surface area contributed by atoms with Crippen molar-refractivity contribution in [1.29, 1.82) is 0 Å². The number of piperazine rings is 1. The second-order valence-corrected chi connectivity index (χ2v) is 4.76. The van der Waals surface area contributed by atoms with Crippen molar-refractivity contribution < 1.29 is 14.1 Å². The molecule has 1 aromatic rings. The van der Waals surface area contributed by atoms with Gasteiger partial charge in [0.15, 0.2) is 11.5 Å². The maximum atomic E-state index is 12.4. The van der Waals surface area contributed by atoms with Crippen molar-refractivity contribution in [3.05, 3.63) is 17.5 Å². The van der Waals surface area contributed by atoms with Crippen molar-refractivity contribution in [1.82, 2.24) is 15.0 Å². The van der Waals surface area contributed by atoms with E-state index in [2.05, 4.69) is 10.1 Å². The van der Waals surface area contributed by atoms with Gasteiger partial charge < -0.3 is 24.8 Å². The number of carbonyl (C=O) groups excluding carboxylic acids is 1. The van der Waals surface area contributed by atoms with Crippen LogP contribution in [-0.2, 0) is 11.3 Å². The normalized spacial score (nSPS) is 20.8. The van der Waals surface area contributed by atoms with E-state index in [1.54, 1.807) is 18.1 Å². The fourth-order valence-electron chi connectivity index (χ4n) is 2.25. The molecule has 1 aromatic heterocycles. The van der Waals surface area contributed by atoms with Crippen LogP contribution in [0.25, 0.3) is 0 Å². The summed E-state index contributed by atoms with van der Waals surface area (Å²) in [6.07, 6.45) is 0. The van der Waals surface area contributed by atoms with Crippen LogP contribution in [0.1, 0.15) is 16.2 Å². The van der Waals surface area contributed by atoms with Crippen molar-refractivity contribution in [2.24, 2.45) is 5.73 Å². The van der Waals surface area contributed by atoms with Gasteiger partial charge in [-0.15, -0.1) is 0 Å². The number of carbonyl (C=O) groups is 1. The van der Waals surface area contributed by atoms with Gasteiger partial charge in [-0.05, 0) is 7.05 Å². The smallest absolute Gasteiger partial charge is 0.276 e. The molecule has 0 radical (unpaired) electrons. The number of hydrogen-bond acceptors (Lipinski definition) is 6. The van der Waals surface area contributed by atoms with Gasteiger partial charge in [0, 0.05) is 39.4 Å². The number of hydrogen-bond donors (Lipinski definition) is 1. The lowest BCUT2D eigenvalue weighted by atomic mass is 10.1. The number of nitrogens with zero attached hydrogens (tertiary/aromatic N) is 3. The second kappa shape index (κ2) is 6.14. The topological polar surface area (TPSA) is 84.8 Å². The standard InChI is InChI=1S/C12H20N4O3/c1-15-3-4-16(9(6-13)7-15)12(17)11-5-10(8-18-2)19-14-11/h5,9H,3-4,6-8,13H2,1-2H3. The van der Waals surface area contributed by atoms with Crippen molar-refractivity contribution >= 4 is 5.91 Å². The Morgan fingerprint density at radius 3 is 3.11 bits per heavy atom. The van der Waals surface area contributed by atoms with E-state index in [1.807, 2.05) is 7.05 Å². The molecule has 1 unspecified atom stereocenters. The summed E-state index contributed by atoms with van der Waals surface area (Å²) in [7, 11) is 3.59. The van der Waals surface area contributed by atoms with Gasteiger partial charge in [-0.25, -0.2) is 0 Å². The van der Waals surface area contributed by atoms with Gasteiger partial charge in [-0.2, -0.15) is 0 Å². The largest absolute Gasteiger partial charge is 0.377 e. The maximum absolute atomic E-state index is 12.4. The van der Waals surface area contributed by atoms with E-state index in [-0.39, 0.29) is 11.9 Å². The predicted molar refractivity (Wildman–Crippen MR) is 68.6 cm³/mol. The van der Waals surface area contributed by atoms with Crippen LogP contribution in [0.15, 0.2) is 10.6 Å². The molecule has 19 heavy (non-hydrogen) atoms. The zero-order valence-corrected chi connectivity index (χ0v) is 11.3. The third kappa shape index (κ3) is 3.12. The molecule has 0 aromatic carbocycles. The molecular formula is C12H20N4O3. The Morgan fingerprint density at radius 1 is 1.63 bits per heavy atom. The van der Waals surface area contributed by atoms with E-state index in [0.717, 1.165) is 13.1 Å². The summed E-state index contributed by atoms with van der Waals surface area (Å²) in [5, 5.41) is 3.80. The average Bonchev–Trinajstić information content (AvgIpc) is 2.87. The Kier molecular flexibility index (Phi) is 4.52. The number of ether oxygens (including phenoxy) is 1. The van der Waals surface area contributed by atoms with Crippen LogP contribution in [0, 0.1) is 0 Å². The maximum Gasteiger partial charge on any atom is 0.276 e.